The zero-order valence-electron chi connectivity index (χ0n) is 16.8. The monoisotopic (exact) mass is 398 g/mol. The van der Waals surface area contributed by atoms with Crippen molar-refractivity contribution in [1.29, 1.82) is 0 Å². The van der Waals surface area contributed by atoms with Crippen LogP contribution in [0.1, 0.15) is 25.8 Å². The molecule has 1 atom stereocenters. The number of nitrogens with zero attached hydrogens (tertiary/aromatic N) is 2. The van der Waals surface area contributed by atoms with Crippen LogP contribution >= 0.6 is 0 Å². The molecule has 0 bridgehead atoms. The molecular weight excluding hydrogens is 372 g/mol. The van der Waals surface area contributed by atoms with E-state index in [1.165, 1.54) is 18.2 Å². The largest absolute Gasteiger partial charge is 0.325 e. The number of nitro groups is 1. The smallest absolute Gasteiger partial charge is 0.271 e. The molecule has 0 heterocycles. The Hall–Kier alpha value is -3.26. The second kappa shape index (κ2) is 10.3. The molecule has 0 spiro atoms. The first-order chi connectivity index (χ1) is 13.8. The number of aryl methyl sites for hydroxylation is 1. The predicted octanol–water partition coefficient (Wildman–Crippen LogP) is 3.58. The number of hydrogen-bond acceptors (Lipinski definition) is 5. The predicted molar refractivity (Wildman–Crippen MR) is 113 cm³/mol. The van der Waals surface area contributed by atoms with E-state index in [9.17, 15) is 19.7 Å². The highest BCUT2D eigenvalue weighted by molar-refractivity contribution is 5.96. The summed E-state index contributed by atoms with van der Waals surface area (Å²) < 4.78 is 0. The first-order valence-corrected chi connectivity index (χ1v) is 9.46. The van der Waals surface area contributed by atoms with Gasteiger partial charge in [-0.15, -0.1) is 0 Å². The summed E-state index contributed by atoms with van der Waals surface area (Å²) in [6, 6.07) is 12.7. The Morgan fingerprint density at radius 1 is 1.14 bits per heavy atom. The fourth-order valence-electron chi connectivity index (χ4n) is 2.89. The molecule has 0 aliphatic rings. The second-order valence-electron chi connectivity index (χ2n) is 6.81. The molecule has 2 aromatic carbocycles. The number of rotatable bonds is 9. The third kappa shape index (κ3) is 6.39. The summed E-state index contributed by atoms with van der Waals surface area (Å²) in [6.07, 6.45) is 0.770. The molecule has 154 valence electrons. The lowest BCUT2D eigenvalue weighted by Crippen LogP contribution is -2.46. The van der Waals surface area contributed by atoms with Crippen molar-refractivity contribution in [3.63, 3.8) is 0 Å². The zero-order valence-corrected chi connectivity index (χ0v) is 16.8. The van der Waals surface area contributed by atoms with Crippen LogP contribution in [0.25, 0.3) is 0 Å². The van der Waals surface area contributed by atoms with Gasteiger partial charge in [0.1, 0.15) is 0 Å². The van der Waals surface area contributed by atoms with Gasteiger partial charge in [0, 0.05) is 23.5 Å². The Labute approximate surface area is 170 Å². The molecule has 0 aromatic heterocycles. The van der Waals surface area contributed by atoms with Crippen LogP contribution in [-0.2, 0) is 9.59 Å². The van der Waals surface area contributed by atoms with Crippen molar-refractivity contribution in [3.8, 4) is 0 Å². The molecule has 0 aliphatic heterocycles. The Morgan fingerprint density at radius 3 is 2.52 bits per heavy atom. The average molecular weight is 398 g/mol. The Morgan fingerprint density at radius 2 is 1.86 bits per heavy atom. The molecule has 2 N–H and O–H groups in total. The number of hydrogen-bond donors (Lipinski definition) is 2. The molecule has 0 fully saturated rings. The van der Waals surface area contributed by atoms with Gasteiger partial charge in [0.25, 0.3) is 5.69 Å². The number of nitrogens with one attached hydrogen (secondary N) is 2. The molecule has 29 heavy (non-hydrogen) atoms. The molecule has 8 nitrogen and oxygen atoms in total. The number of nitro benzene ring substituents is 1. The van der Waals surface area contributed by atoms with Crippen LogP contribution in [-0.4, -0.2) is 40.8 Å². The van der Waals surface area contributed by atoms with Gasteiger partial charge in [-0.25, -0.2) is 0 Å². The quantitative estimate of drug-likeness (QED) is 0.496. The van der Waals surface area contributed by atoms with Crippen molar-refractivity contribution in [1.82, 2.24) is 4.90 Å². The lowest BCUT2D eigenvalue weighted by atomic mass is 10.2. The second-order valence-corrected chi connectivity index (χ2v) is 6.81. The van der Waals surface area contributed by atoms with Crippen molar-refractivity contribution in [2.45, 2.75) is 33.2 Å². The SMILES string of the molecule is CCCN(CC(=O)Nc1ccccc1C)C(C)C(=O)Nc1cccc([N+](=O)[O-])c1. The van der Waals surface area contributed by atoms with Gasteiger partial charge in [-0.2, -0.15) is 0 Å². The first-order valence-electron chi connectivity index (χ1n) is 9.46. The highest BCUT2D eigenvalue weighted by Gasteiger charge is 2.23. The Kier molecular flexibility index (Phi) is 7.85. The highest BCUT2D eigenvalue weighted by atomic mass is 16.6. The van der Waals surface area contributed by atoms with Gasteiger partial charge in [-0.1, -0.05) is 31.2 Å². The van der Waals surface area contributed by atoms with E-state index in [-0.39, 0.29) is 24.0 Å². The van der Waals surface area contributed by atoms with Crippen molar-refractivity contribution in [3.05, 3.63) is 64.2 Å². The molecule has 0 saturated carbocycles. The topological polar surface area (TPSA) is 105 Å². The third-order valence-corrected chi connectivity index (χ3v) is 4.53. The molecular formula is C21H26N4O4. The van der Waals surface area contributed by atoms with Crippen LogP contribution in [0.15, 0.2) is 48.5 Å². The number of para-hydroxylation sites is 1. The summed E-state index contributed by atoms with van der Waals surface area (Å²) >= 11 is 0. The number of benzene rings is 2. The van der Waals surface area contributed by atoms with E-state index in [0.717, 1.165) is 17.7 Å². The summed E-state index contributed by atoms with van der Waals surface area (Å²) in [5.41, 5.74) is 1.94. The van der Waals surface area contributed by atoms with E-state index in [4.69, 9.17) is 0 Å². The van der Waals surface area contributed by atoms with Gasteiger partial charge >= 0.3 is 0 Å². The number of amides is 2. The van der Waals surface area contributed by atoms with E-state index in [2.05, 4.69) is 10.6 Å². The highest BCUT2D eigenvalue weighted by Crippen LogP contribution is 2.18. The van der Waals surface area contributed by atoms with Crippen LogP contribution in [0.2, 0.25) is 0 Å². The maximum absolute atomic E-state index is 12.6. The summed E-state index contributed by atoms with van der Waals surface area (Å²) in [5, 5.41) is 16.5. The molecule has 8 heteroatoms. The fraction of sp³-hybridized carbons (Fsp3) is 0.333. The van der Waals surface area contributed by atoms with Gasteiger partial charge in [-0.05, 0) is 44.5 Å². The normalized spacial score (nSPS) is 11.7. The van der Waals surface area contributed by atoms with Gasteiger partial charge in [0.05, 0.1) is 17.5 Å². The molecule has 0 aliphatic carbocycles. The Balaban J connectivity index is 2.03. The molecule has 2 rings (SSSR count). The average Bonchev–Trinajstić information content (AvgIpc) is 2.69. The van der Waals surface area contributed by atoms with E-state index in [0.29, 0.717) is 12.2 Å². The number of non-ortho nitro benzene ring substituents is 1. The Bertz CT molecular complexity index is 884. The van der Waals surface area contributed by atoms with Crippen molar-refractivity contribution < 1.29 is 14.5 Å². The zero-order chi connectivity index (χ0) is 21.4. The lowest BCUT2D eigenvalue weighted by molar-refractivity contribution is -0.384. The fourth-order valence-corrected chi connectivity index (χ4v) is 2.89. The van der Waals surface area contributed by atoms with Gasteiger partial charge < -0.3 is 10.6 Å². The first kappa shape index (κ1) is 22.0. The van der Waals surface area contributed by atoms with Crippen molar-refractivity contribution >= 4 is 28.9 Å². The van der Waals surface area contributed by atoms with E-state index >= 15 is 0 Å². The summed E-state index contributed by atoms with van der Waals surface area (Å²) in [7, 11) is 0. The maximum atomic E-state index is 12.6. The molecule has 2 amide bonds. The summed E-state index contributed by atoms with van der Waals surface area (Å²) in [4.78, 5) is 37.3. The molecule has 0 saturated heterocycles. The van der Waals surface area contributed by atoms with E-state index in [1.807, 2.05) is 38.1 Å². The maximum Gasteiger partial charge on any atom is 0.271 e. The minimum absolute atomic E-state index is 0.0612. The van der Waals surface area contributed by atoms with Crippen molar-refractivity contribution in [2.24, 2.45) is 0 Å². The molecule has 0 radical (unpaired) electrons. The number of anilines is 2. The summed E-state index contributed by atoms with van der Waals surface area (Å²) in [5.74, 6) is -0.537. The lowest BCUT2D eigenvalue weighted by Gasteiger charge is -2.27. The molecule has 1 unspecified atom stereocenters. The van der Waals surface area contributed by atoms with Crippen molar-refractivity contribution in [2.75, 3.05) is 23.7 Å². The number of carbonyl (C=O) groups is 2. The van der Waals surface area contributed by atoms with Gasteiger partial charge in [0.2, 0.25) is 11.8 Å². The van der Waals surface area contributed by atoms with Crippen LogP contribution in [0.4, 0.5) is 17.1 Å². The summed E-state index contributed by atoms with van der Waals surface area (Å²) in [6.45, 7) is 6.21. The van der Waals surface area contributed by atoms with Gasteiger partial charge in [-0.3, -0.25) is 24.6 Å². The number of carbonyl (C=O) groups excluding carboxylic acids is 2. The van der Waals surface area contributed by atoms with Gasteiger partial charge in [0.15, 0.2) is 0 Å². The van der Waals surface area contributed by atoms with E-state index < -0.39 is 11.0 Å². The van der Waals surface area contributed by atoms with Crippen LogP contribution in [0, 0.1) is 17.0 Å². The van der Waals surface area contributed by atoms with Crippen LogP contribution in [0.3, 0.4) is 0 Å². The van der Waals surface area contributed by atoms with E-state index in [1.54, 1.807) is 17.9 Å². The third-order valence-electron chi connectivity index (χ3n) is 4.53. The van der Waals surface area contributed by atoms with Crippen LogP contribution < -0.4 is 10.6 Å². The standard InChI is InChI=1S/C21H26N4O4/c1-4-12-24(14-20(26)23-19-11-6-5-8-15(19)2)16(3)21(27)22-17-9-7-10-18(13-17)25(28)29/h5-11,13,16H,4,12,14H2,1-3H3,(H,22,27)(H,23,26). The minimum Gasteiger partial charge on any atom is -0.325 e. The van der Waals surface area contributed by atoms with Crippen LogP contribution in [0.5, 0.6) is 0 Å². The minimum atomic E-state index is -0.586. The molecule has 2 aromatic rings.